The predicted molar refractivity (Wildman–Crippen MR) is 74.7 cm³/mol. The Balaban J connectivity index is 1.91. The van der Waals surface area contributed by atoms with Crippen molar-refractivity contribution in [3.63, 3.8) is 0 Å². The van der Waals surface area contributed by atoms with Gasteiger partial charge in [0.1, 0.15) is 11.6 Å². The minimum absolute atomic E-state index is 0.103. The fourth-order valence-electron chi connectivity index (χ4n) is 1.44. The molecule has 5 heteroatoms. The molecule has 0 aliphatic rings. The number of carbonyl (C=O) groups excluding carboxylic acids is 1. The van der Waals surface area contributed by atoms with E-state index in [4.69, 9.17) is 4.74 Å². The van der Waals surface area contributed by atoms with E-state index in [0.29, 0.717) is 15.9 Å². The molecule has 0 heterocycles. The summed E-state index contributed by atoms with van der Waals surface area (Å²) in [6.07, 6.45) is 0. The molecule has 0 aliphatic carbocycles. The molecule has 1 N–H and O–H groups in total. The molecule has 0 aliphatic heterocycles. The van der Waals surface area contributed by atoms with Crippen molar-refractivity contribution in [1.82, 2.24) is 0 Å². The molecule has 0 saturated heterocycles. The first-order chi connectivity index (χ1) is 9.15. The summed E-state index contributed by atoms with van der Waals surface area (Å²) >= 11 is 3.18. The monoisotopic (exact) mass is 323 g/mol. The summed E-state index contributed by atoms with van der Waals surface area (Å²) in [5.41, 5.74) is 0.503. The average Bonchev–Trinajstić information content (AvgIpc) is 2.41. The lowest BCUT2D eigenvalue weighted by Gasteiger charge is -2.08. The first kappa shape index (κ1) is 13.5. The highest BCUT2D eigenvalue weighted by Crippen LogP contribution is 2.22. The maximum atomic E-state index is 12.9. The lowest BCUT2D eigenvalue weighted by molar-refractivity contribution is -0.118. The highest BCUT2D eigenvalue weighted by atomic mass is 79.9. The van der Waals surface area contributed by atoms with Crippen molar-refractivity contribution in [2.75, 3.05) is 11.9 Å². The number of amides is 1. The van der Waals surface area contributed by atoms with Gasteiger partial charge in [0.25, 0.3) is 5.91 Å². The van der Waals surface area contributed by atoms with E-state index >= 15 is 0 Å². The van der Waals surface area contributed by atoms with Gasteiger partial charge in [-0.15, -0.1) is 0 Å². The van der Waals surface area contributed by atoms with Crippen LogP contribution in [0.1, 0.15) is 0 Å². The van der Waals surface area contributed by atoms with Crippen LogP contribution < -0.4 is 10.1 Å². The number of hydrogen-bond acceptors (Lipinski definition) is 2. The Hall–Kier alpha value is -1.88. The van der Waals surface area contributed by atoms with E-state index in [-0.39, 0.29) is 18.3 Å². The number of carbonyl (C=O) groups is 1. The van der Waals surface area contributed by atoms with Crippen LogP contribution in [0.15, 0.2) is 53.0 Å². The summed E-state index contributed by atoms with van der Waals surface area (Å²) in [5, 5.41) is 2.63. The van der Waals surface area contributed by atoms with Gasteiger partial charge in [-0.3, -0.25) is 4.79 Å². The third-order valence-electron chi connectivity index (χ3n) is 2.32. The Morgan fingerprint density at radius 3 is 2.63 bits per heavy atom. The first-order valence-corrected chi connectivity index (χ1v) is 6.37. The van der Waals surface area contributed by atoms with Crippen molar-refractivity contribution in [2.24, 2.45) is 0 Å². The Morgan fingerprint density at radius 2 is 1.95 bits per heavy atom. The van der Waals surface area contributed by atoms with Crippen LogP contribution >= 0.6 is 15.9 Å². The SMILES string of the molecule is O=C(COc1ccccc1)Nc1ccc(F)cc1Br. The number of nitrogens with one attached hydrogen (secondary N) is 1. The average molecular weight is 324 g/mol. The van der Waals surface area contributed by atoms with Gasteiger partial charge in [-0.25, -0.2) is 4.39 Å². The third-order valence-corrected chi connectivity index (χ3v) is 2.97. The number of anilines is 1. The van der Waals surface area contributed by atoms with Crippen LogP contribution in [0.4, 0.5) is 10.1 Å². The van der Waals surface area contributed by atoms with E-state index < -0.39 is 0 Å². The van der Waals surface area contributed by atoms with Crippen molar-refractivity contribution in [3.8, 4) is 5.75 Å². The van der Waals surface area contributed by atoms with Crippen LogP contribution in [0, 0.1) is 5.82 Å². The molecule has 0 radical (unpaired) electrons. The quantitative estimate of drug-likeness (QED) is 0.933. The second-order valence-corrected chi connectivity index (χ2v) is 4.63. The van der Waals surface area contributed by atoms with Gasteiger partial charge in [0.15, 0.2) is 6.61 Å². The third kappa shape index (κ3) is 4.06. The second-order valence-electron chi connectivity index (χ2n) is 3.77. The highest BCUT2D eigenvalue weighted by molar-refractivity contribution is 9.10. The van der Waals surface area contributed by atoms with E-state index in [1.165, 1.54) is 18.2 Å². The van der Waals surface area contributed by atoms with Crippen LogP contribution in [0.25, 0.3) is 0 Å². The van der Waals surface area contributed by atoms with Gasteiger partial charge in [0, 0.05) is 4.47 Å². The molecule has 2 aromatic rings. The molecule has 0 bridgehead atoms. The molecule has 1 amide bonds. The highest BCUT2D eigenvalue weighted by Gasteiger charge is 2.07. The molecule has 0 spiro atoms. The van der Waals surface area contributed by atoms with Crippen molar-refractivity contribution in [1.29, 1.82) is 0 Å². The van der Waals surface area contributed by atoms with Gasteiger partial charge in [-0.05, 0) is 46.3 Å². The van der Waals surface area contributed by atoms with Crippen molar-refractivity contribution < 1.29 is 13.9 Å². The molecule has 98 valence electrons. The largest absolute Gasteiger partial charge is 0.484 e. The number of para-hydroxylation sites is 1. The molecular formula is C14H11BrFNO2. The van der Waals surface area contributed by atoms with Gasteiger partial charge in [0.05, 0.1) is 5.69 Å². The molecule has 2 rings (SSSR count). The van der Waals surface area contributed by atoms with Crippen LogP contribution in [-0.2, 0) is 4.79 Å². The molecule has 0 atom stereocenters. The Kier molecular flexibility index (Phi) is 4.52. The topological polar surface area (TPSA) is 38.3 Å². The fourth-order valence-corrected chi connectivity index (χ4v) is 1.89. The van der Waals surface area contributed by atoms with E-state index in [9.17, 15) is 9.18 Å². The maximum absolute atomic E-state index is 12.9. The summed E-state index contributed by atoms with van der Waals surface area (Å²) in [7, 11) is 0. The van der Waals surface area contributed by atoms with Crippen LogP contribution in [-0.4, -0.2) is 12.5 Å². The van der Waals surface area contributed by atoms with E-state index in [1.807, 2.05) is 18.2 Å². The zero-order valence-electron chi connectivity index (χ0n) is 9.90. The summed E-state index contributed by atoms with van der Waals surface area (Å²) in [5.74, 6) is -0.0580. The molecule has 2 aromatic carbocycles. The molecule has 0 saturated carbocycles. The van der Waals surface area contributed by atoms with Crippen molar-refractivity contribution >= 4 is 27.5 Å². The number of rotatable bonds is 4. The first-order valence-electron chi connectivity index (χ1n) is 5.58. The van der Waals surface area contributed by atoms with E-state index in [0.717, 1.165) is 0 Å². The van der Waals surface area contributed by atoms with Crippen LogP contribution in [0.2, 0.25) is 0 Å². The maximum Gasteiger partial charge on any atom is 0.262 e. The minimum Gasteiger partial charge on any atom is -0.484 e. The smallest absolute Gasteiger partial charge is 0.262 e. The van der Waals surface area contributed by atoms with E-state index in [1.54, 1.807) is 12.1 Å². The summed E-state index contributed by atoms with van der Waals surface area (Å²) in [6.45, 7) is -0.103. The standard InChI is InChI=1S/C14H11BrFNO2/c15-12-8-10(16)6-7-13(12)17-14(18)9-19-11-4-2-1-3-5-11/h1-8H,9H2,(H,17,18). The van der Waals surface area contributed by atoms with Crippen LogP contribution in [0.5, 0.6) is 5.75 Å². The zero-order valence-corrected chi connectivity index (χ0v) is 11.5. The molecule has 0 fully saturated rings. The lowest BCUT2D eigenvalue weighted by Crippen LogP contribution is -2.20. The Bertz CT molecular complexity index is 575. The molecule has 19 heavy (non-hydrogen) atoms. The Morgan fingerprint density at radius 1 is 1.21 bits per heavy atom. The van der Waals surface area contributed by atoms with Crippen LogP contribution in [0.3, 0.4) is 0 Å². The zero-order chi connectivity index (χ0) is 13.7. The fraction of sp³-hybridized carbons (Fsp3) is 0.0714. The van der Waals surface area contributed by atoms with Gasteiger partial charge in [-0.2, -0.15) is 0 Å². The molecule has 0 aromatic heterocycles. The predicted octanol–water partition coefficient (Wildman–Crippen LogP) is 3.61. The summed E-state index contributed by atoms with van der Waals surface area (Å²) in [4.78, 5) is 11.7. The van der Waals surface area contributed by atoms with Crippen molar-refractivity contribution in [3.05, 3.63) is 58.8 Å². The second kappa shape index (κ2) is 6.33. The number of halogens is 2. The molecule has 0 unspecified atom stereocenters. The van der Waals surface area contributed by atoms with Gasteiger partial charge >= 0.3 is 0 Å². The van der Waals surface area contributed by atoms with Gasteiger partial charge in [-0.1, -0.05) is 18.2 Å². The minimum atomic E-state index is -0.370. The Labute approximate surface area is 118 Å². The number of ether oxygens (including phenoxy) is 1. The van der Waals surface area contributed by atoms with Gasteiger partial charge in [0.2, 0.25) is 0 Å². The molecule has 3 nitrogen and oxygen atoms in total. The normalized spacial score (nSPS) is 10.0. The summed E-state index contributed by atoms with van der Waals surface area (Å²) in [6, 6.07) is 13.1. The number of benzene rings is 2. The number of hydrogen-bond donors (Lipinski definition) is 1. The van der Waals surface area contributed by atoms with E-state index in [2.05, 4.69) is 21.2 Å². The lowest BCUT2D eigenvalue weighted by atomic mass is 10.3. The van der Waals surface area contributed by atoms with Gasteiger partial charge < -0.3 is 10.1 Å². The van der Waals surface area contributed by atoms with Crippen molar-refractivity contribution in [2.45, 2.75) is 0 Å². The summed E-state index contributed by atoms with van der Waals surface area (Å²) < 4.78 is 18.7. The molecular weight excluding hydrogens is 313 g/mol.